The van der Waals surface area contributed by atoms with E-state index in [1.54, 1.807) is 19.1 Å². The number of allylic oxidation sites excluding steroid dienone is 3. The van der Waals surface area contributed by atoms with Crippen LogP contribution in [0.25, 0.3) is 0 Å². The Morgan fingerprint density at radius 3 is 2.53 bits per heavy atom. The summed E-state index contributed by atoms with van der Waals surface area (Å²) in [6, 6.07) is 0. The predicted molar refractivity (Wildman–Crippen MR) is 66.5 cm³/mol. The SMILES string of the molecule is C=CC(O)C(O)C/C=C/C=C(/C=C/C)C(=O)O. The standard InChI is InChI=1S/C13H18O4/c1-3-7-10(13(16)17)8-5-6-9-12(15)11(14)4-2/h3-8,11-12,14-15H,2,9H2,1H3,(H,16,17)/b6-5+,7-3+,10-8-. The molecule has 94 valence electrons. The topological polar surface area (TPSA) is 77.8 Å². The molecule has 0 aromatic heterocycles. The first kappa shape index (κ1) is 15.3. The molecule has 0 spiro atoms. The van der Waals surface area contributed by atoms with E-state index >= 15 is 0 Å². The number of aliphatic hydroxyl groups excluding tert-OH is 2. The van der Waals surface area contributed by atoms with Gasteiger partial charge >= 0.3 is 5.97 Å². The van der Waals surface area contributed by atoms with Crippen molar-refractivity contribution >= 4 is 5.97 Å². The Balaban J connectivity index is 4.38. The van der Waals surface area contributed by atoms with Gasteiger partial charge in [-0.1, -0.05) is 30.4 Å². The Bertz CT molecular complexity index is 339. The Morgan fingerprint density at radius 2 is 2.06 bits per heavy atom. The monoisotopic (exact) mass is 238 g/mol. The Labute approximate surface area is 101 Å². The second-order valence-corrected chi connectivity index (χ2v) is 3.38. The number of hydrogen-bond donors (Lipinski definition) is 3. The van der Waals surface area contributed by atoms with Crippen molar-refractivity contribution < 1.29 is 20.1 Å². The molecule has 0 aromatic rings. The fraction of sp³-hybridized carbons (Fsp3) is 0.308. The Morgan fingerprint density at radius 1 is 1.41 bits per heavy atom. The molecule has 0 aliphatic heterocycles. The molecule has 2 atom stereocenters. The lowest BCUT2D eigenvalue weighted by molar-refractivity contribution is -0.132. The van der Waals surface area contributed by atoms with Gasteiger partial charge in [-0.05, 0) is 19.4 Å². The van der Waals surface area contributed by atoms with E-state index in [2.05, 4.69) is 6.58 Å². The molecule has 0 saturated carbocycles. The molecule has 4 heteroatoms. The molecule has 0 aliphatic carbocycles. The molecule has 3 N–H and O–H groups in total. The van der Waals surface area contributed by atoms with Gasteiger partial charge in [-0.25, -0.2) is 4.79 Å². The quantitative estimate of drug-likeness (QED) is 0.356. The fourth-order valence-corrected chi connectivity index (χ4v) is 1.06. The van der Waals surface area contributed by atoms with Crippen LogP contribution >= 0.6 is 0 Å². The zero-order chi connectivity index (χ0) is 13.3. The Hall–Kier alpha value is -1.65. The number of carbonyl (C=O) groups is 1. The van der Waals surface area contributed by atoms with Gasteiger partial charge in [0, 0.05) is 0 Å². The lowest BCUT2D eigenvalue weighted by Crippen LogP contribution is -2.22. The van der Waals surface area contributed by atoms with E-state index in [0.29, 0.717) is 0 Å². The molecular formula is C13H18O4. The third-order valence-electron chi connectivity index (χ3n) is 2.02. The van der Waals surface area contributed by atoms with E-state index in [-0.39, 0.29) is 12.0 Å². The first-order valence-electron chi connectivity index (χ1n) is 5.24. The van der Waals surface area contributed by atoms with Crippen molar-refractivity contribution in [2.45, 2.75) is 25.6 Å². The van der Waals surface area contributed by atoms with Crippen LogP contribution in [-0.4, -0.2) is 33.5 Å². The summed E-state index contributed by atoms with van der Waals surface area (Å²) in [6.07, 6.45) is 7.22. The van der Waals surface area contributed by atoms with Crippen LogP contribution in [0.2, 0.25) is 0 Å². The van der Waals surface area contributed by atoms with E-state index in [0.717, 1.165) is 0 Å². The molecular weight excluding hydrogens is 220 g/mol. The van der Waals surface area contributed by atoms with Crippen molar-refractivity contribution in [3.8, 4) is 0 Å². The van der Waals surface area contributed by atoms with Gasteiger partial charge < -0.3 is 15.3 Å². The van der Waals surface area contributed by atoms with Crippen LogP contribution in [0, 0.1) is 0 Å². The third-order valence-corrected chi connectivity index (χ3v) is 2.02. The van der Waals surface area contributed by atoms with Gasteiger partial charge in [0.25, 0.3) is 0 Å². The van der Waals surface area contributed by atoms with E-state index in [9.17, 15) is 15.0 Å². The summed E-state index contributed by atoms with van der Waals surface area (Å²) in [5.74, 6) is -1.01. The highest BCUT2D eigenvalue weighted by atomic mass is 16.4. The van der Waals surface area contributed by atoms with Gasteiger partial charge in [0.15, 0.2) is 0 Å². The Kier molecular flexibility index (Phi) is 7.67. The summed E-state index contributed by atoms with van der Waals surface area (Å²) >= 11 is 0. The van der Waals surface area contributed by atoms with Gasteiger partial charge in [0.1, 0.15) is 0 Å². The zero-order valence-corrected chi connectivity index (χ0v) is 9.78. The van der Waals surface area contributed by atoms with Crippen LogP contribution < -0.4 is 0 Å². The van der Waals surface area contributed by atoms with Gasteiger partial charge in [-0.3, -0.25) is 0 Å². The van der Waals surface area contributed by atoms with Crippen molar-refractivity contribution in [3.63, 3.8) is 0 Å². The minimum Gasteiger partial charge on any atom is -0.478 e. The minimum absolute atomic E-state index is 0.155. The highest BCUT2D eigenvalue weighted by Gasteiger charge is 2.09. The number of carboxylic acid groups (broad SMARTS) is 1. The summed E-state index contributed by atoms with van der Waals surface area (Å²) in [5, 5.41) is 27.3. The highest BCUT2D eigenvalue weighted by molar-refractivity contribution is 5.90. The summed E-state index contributed by atoms with van der Waals surface area (Å²) < 4.78 is 0. The largest absolute Gasteiger partial charge is 0.478 e. The van der Waals surface area contributed by atoms with Gasteiger partial charge in [-0.2, -0.15) is 0 Å². The molecule has 0 fully saturated rings. The van der Waals surface area contributed by atoms with Crippen LogP contribution in [0.1, 0.15) is 13.3 Å². The van der Waals surface area contributed by atoms with Crippen LogP contribution in [0.3, 0.4) is 0 Å². The van der Waals surface area contributed by atoms with Crippen molar-refractivity contribution in [1.82, 2.24) is 0 Å². The maximum Gasteiger partial charge on any atom is 0.335 e. The summed E-state index contributed by atoms with van der Waals surface area (Å²) in [6.45, 7) is 5.08. The summed E-state index contributed by atoms with van der Waals surface area (Å²) in [5.41, 5.74) is 0.155. The predicted octanol–water partition coefficient (Wildman–Crippen LogP) is 1.43. The molecule has 0 aliphatic rings. The minimum atomic E-state index is -1.01. The molecule has 0 amide bonds. The van der Waals surface area contributed by atoms with Crippen molar-refractivity contribution in [2.75, 3.05) is 0 Å². The zero-order valence-electron chi connectivity index (χ0n) is 9.78. The van der Waals surface area contributed by atoms with Crippen LogP contribution in [0.15, 0.2) is 48.6 Å². The first-order chi connectivity index (χ1) is 8.02. The lowest BCUT2D eigenvalue weighted by Gasteiger charge is -2.10. The molecule has 17 heavy (non-hydrogen) atoms. The molecule has 0 aromatic carbocycles. The van der Waals surface area contributed by atoms with Crippen LogP contribution in [0.4, 0.5) is 0 Å². The van der Waals surface area contributed by atoms with Crippen molar-refractivity contribution in [1.29, 1.82) is 0 Å². The van der Waals surface area contributed by atoms with Gasteiger partial charge in [-0.15, -0.1) is 6.58 Å². The maximum atomic E-state index is 10.7. The fourth-order valence-electron chi connectivity index (χ4n) is 1.06. The number of aliphatic carboxylic acids is 1. The number of hydrogen-bond acceptors (Lipinski definition) is 3. The number of carboxylic acids is 1. The smallest absolute Gasteiger partial charge is 0.335 e. The van der Waals surface area contributed by atoms with E-state index in [1.807, 2.05) is 0 Å². The normalized spacial score (nSPS) is 16.3. The van der Waals surface area contributed by atoms with Gasteiger partial charge in [0.05, 0.1) is 17.8 Å². The molecule has 2 unspecified atom stereocenters. The molecule has 4 nitrogen and oxygen atoms in total. The van der Waals surface area contributed by atoms with Crippen molar-refractivity contribution in [2.24, 2.45) is 0 Å². The molecule has 0 radical (unpaired) electrons. The first-order valence-corrected chi connectivity index (χ1v) is 5.24. The second kappa shape index (κ2) is 8.50. The molecule has 0 heterocycles. The van der Waals surface area contributed by atoms with E-state index in [4.69, 9.17) is 5.11 Å². The van der Waals surface area contributed by atoms with Crippen molar-refractivity contribution in [3.05, 3.63) is 48.6 Å². The highest BCUT2D eigenvalue weighted by Crippen LogP contribution is 2.03. The van der Waals surface area contributed by atoms with E-state index < -0.39 is 18.2 Å². The number of aliphatic hydroxyl groups is 2. The third kappa shape index (κ3) is 6.50. The maximum absolute atomic E-state index is 10.7. The molecule has 0 rings (SSSR count). The summed E-state index contributed by atoms with van der Waals surface area (Å²) in [4.78, 5) is 10.7. The van der Waals surface area contributed by atoms with Crippen LogP contribution in [0.5, 0.6) is 0 Å². The lowest BCUT2D eigenvalue weighted by atomic mass is 10.1. The molecule has 0 bridgehead atoms. The average molecular weight is 238 g/mol. The van der Waals surface area contributed by atoms with Gasteiger partial charge in [0.2, 0.25) is 0 Å². The average Bonchev–Trinajstić information content (AvgIpc) is 2.31. The number of rotatable bonds is 7. The summed E-state index contributed by atoms with van der Waals surface area (Å²) in [7, 11) is 0. The second-order valence-electron chi connectivity index (χ2n) is 3.38. The van der Waals surface area contributed by atoms with Crippen LogP contribution in [-0.2, 0) is 4.79 Å². The van der Waals surface area contributed by atoms with E-state index in [1.165, 1.54) is 24.3 Å². The molecule has 0 saturated heterocycles.